The zero-order valence-electron chi connectivity index (χ0n) is 22.9. The molecule has 43 heavy (non-hydrogen) atoms. The summed E-state index contributed by atoms with van der Waals surface area (Å²) in [5, 5.41) is 0.815. The van der Waals surface area contributed by atoms with Gasteiger partial charge >= 0.3 is 18.2 Å². The fraction of sp³-hybridized carbons (Fsp3) is 0.125. The zero-order valence-corrected chi connectivity index (χ0v) is 22.9. The number of carbonyl (C=O) groups is 3. The van der Waals surface area contributed by atoms with Crippen molar-refractivity contribution in [3.8, 4) is 23.1 Å². The lowest BCUT2D eigenvalue weighted by atomic mass is 10.2. The summed E-state index contributed by atoms with van der Waals surface area (Å²) >= 11 is 0. The summed E-state index contributed by atoms with van der Waals surface area (Å²) < 4.78 is 23.8. The molecule has 0 aliphatic carbocycles. The first-order valence-corrected chi connectivity index (χ1v) is 13.5. The number of rotatable bonds is 5. The second kappa shape index (κ2) is 12.5. The number of hydrogen-bond acceptors (Lipinski definition) is 8. The Morgan fingerprint density at radius 1 is 0.744 bits per heavy atom. The average Bonchev–Trinajstić information content (AvgIpc) is 3.46. The molecule has 11 nitrogen and oxygen atoms in total. The van der Waals surface area contributed by atoms with Gasteiger partial charge in [0.05, 0.1) is 24.4 Å². The molecule has 216 valence electrons. The Labute approximate surface area is 246 Å². The number of ether oxygens (including phenoxy) is 4. The minimum Gasteiger partial charge on any atom is -0.457 e. The quantitative estimate of drug-likeness (QED) is 0.238. The van der Waals surface area contributed by atoms with Crippen molar-refractivity contribution in [3.05, 3.63) is 109 Å². The Kier molecular flexibility index (Phi) is 7.96. The first kappa shape index (κ1) is 27.5. The molecule has 0 atom stereocenters. The molecule has 6 rings (SSSR count). The van der Waals surface area contributed by atoms with Crippen molar-refractivity contribution in [1.29, 1.82) is 0 Å². The third-order valence-electron chi connectivity index (χ3n) is 6.61. The van der Waals surface area contributed by atoms with E-state index in [0.29, 0.717) is 37.8 Å². The van der Waals surface area contributed by atoms with Gasteiger partial charge in [-0.05, 0) is 54.6 Å². The fourth-order valence-electron chi connectivity index (χ4n) is 4.54. The van der Waals surface area contributed by atoms with Crippen LogP contribution in [0.4, 0.5) is 20.1 Å². The summed E-state index contributed by atoms with van der Waals surface area (Å²) in [5.41, 5.74) is 1.00. The number of pyridine rings is 1. The minimum atomic E-state index is -1.01. The van der Waals surface area contributed by atoms with Crippen LogP contribution in [-0.2, 0) is 4.74 Å². The van der Waals surface area contributed by atoms with Crippen molar-refractivity contribution in [3.63, 3.8) is 0 Å². The molecule has 1 aliphatic rings. The van der Waals surface area contributed by atoms with E-state index in [9.17, 15) is 14.4 Å². The standard InChI is InChI=1S/C32H26N4O7/c37-30(34-17-19-40-20-18-34)35-16-14-23-21-26(11-12-28(23)35)41-27-13-15-33-29(22-27)43-32(39)36(24-7-3-1-4-8-24)31(38)42-25-9-5-2-6-10-25/h1-16,21-22H,17-20H2. The van der Waals surface area contributed by atoms with E-state index in [1.54, 1.807) is 101 Å². The predicted molar refractivity (Wildman–Crippen MR) is 157 cm³/mol. The summed E-state index contributed by atoms with van der Waals surface area (Å²) in [6.07, 6.45) is 1.20. The molecule has 0 N–H and O–H groups in total. The molecule has 11 heteroatoms. The third kappa shape index (κ3) is 6.31. The maximum absolute atomic E-state index is 13.2. The molecule has 3 heterocycles. The van der Waals surface area contributed by atoms with Crippen LogP contribution in [0.15, 0.2) is 109 Å². The maximum atomic E-state index is 13.2. The number of hydrogen-bond donors (Lipinski definition) is 0. The van der Waals surface area contributed by atoms with Crippen molar-refractivity contribution < 1.29 is 33.3 Å². The molecule has 0 spiro atoms. The highest BCUT2D eigenvalue weighted by molar-refractivity contribution is 6.10. The Hall–Kier alpha value is -5.68. The van der Waals surface area contributed by atoms with E-state index in [-0.39, 0.29) is 23.3 Å². The summed E-state index contributed by atoms with van der Waals surface area (Å²) in [6, 6.07) is 26.8. The molecule has 0 bridgehead atoms. The van der Waals surface area contributed by atoms with E-state index in [2.05, 4.69) is 4.98 Å². The highest BCUT2D eigenvalue weighted by Gasteiger charge is 2.28. The summed E-state index contributed by atoms with van der Waals surface area (Å²) in [7, 11) is 0. The van der Waals surface area contributed by atoms with Crippen LogP contribution in [0, 0.1) is 0 Å². The number of aromatic nitrogens is 2. The van der Waals surface area contributed by atoms with Crippen LogP contribution in [0.25, 0.3) is 10.9 Å². The monoisotopic (exact) mass is 578 g/mol. The van der Waals surface area contributed by atoms with Crippen molar-refractivity contribution in [2.45, 2.75) is 0 Å². The van der Waals surface area contributed by atoms with Crippen molar-refractivity contribution >= 4 is 34.8 Å². The lowest BCUT2D eigenvalue weighted by Gasteiger charge is -2.27. The molecule has 3 aromatic carbocycles. The first-order valence-electron chi connectivity index (χ1n) is 13.5. The van der Waals surface area contributed by atoms with Crippen LogP contribution >= 0.6 is 0 Å². The summed E-state index contributed by atoms with van der Waals surface area (Å²) in [5.74, 6) is 1.04. The Bertz CT molecular complexity index is 1750. The lowest BCUT2D eigenvalue weighted by molar-refractivity contribution is 0.0538. The minimum absolute atomic E-state index is 0.0840. The van der Waals surface area contributed by atoms with Crippen molar-refractivity contribution in [2.24, 2.45) is 0 Å². The van der Waals surface area contributed by atoms with Gasteiger partial charge in [-0.15, -0.1) is 0 Å². The van der Waals surface area contributed by atoms with Crippen LogP contribution in [-0.4, -0.2) is 59.0 Å². The summed E-state index contributed by atoms with van der Waals surface area (Å²) in [6.45, 7) is 2.14. The van der Waals surface area contributed by atoms with Gasteiger partial charge in [0, 0.05) is 36.9 Å². The Morgan fingerprint density at radius 3 is 2.21 bits per heavy atom. The van der Waals surface area contributed by atoms with Gasteiger partial charge in [0.1, 0.15) is 17.2 Å². The number of carbonyl (C=O) groups excluding carboxylic acids is 3. The molecular weight excluding hydrogens is 552 g/mol. The predicted octanol–water partition coefficient (Wildman–Crippen LogP) is 6.33. The lowest BCUT2D eigenvalue weighted by Crippen LogP contribution is -2.42. The van der Waals surface area contributed by atoms with Crippen molar-refractivity contribution in [1.82, 2.24) is 14.5 Å². The van der Waals surface area contributed by atoms with E-state index < -0.39 is 12.2 Å². The molecule has 0 saturated carbocycles. The number of anilines is 1. The van der Waals surface area contributed by atoms with Gasteiger partial charge in [0.15, 0.2) is 0 Å². The molecular formula is C32H26N4O7. The Balaban J connectivity index is 1.17. The maximum Gasteiger partial charge on any atom is 0.430 e. The van der Waals surface area contributed by atoms with Gasteiger partial charge in [-0.1, -0.05) is 36.4 Å². The normalized spacial score (nSPS) is 12.9. The van der Waals surface area contributed by atoms with Gasteiger partial charge in [-0.25, -0.2) is 19.4 Å². The molecule has 1 saturated heterocycles. The second-order valence-corrected chi connectivity index (χ2v) is 9.44. The number of fused-ring (bicyclic) bond motifs is 1. The SMILES string of the molecule is O=C(Oc1ccccc1)N(C(=O)Oc1cc(Oc2ccc3c(ccn3C(=O)N3CCOCC3)c2)ccn1)c1ccccc1. The van der Waals surface area contributed by atoms with Gasteiger partial charge in [-0.3, -0.25) is 4.57 Å². The topological polar surface area (TPSA) is 112 Å². The molecule has 5 aromatic rings. The second-order valence-electron chi connectivity index (χ2n) is 9.44. The Morgan fingerprint density at radius 2 is 1.44 bits per heavy atom. The van der Waals surface area contributed by atoms with E-state index in [0.717, 1.165) is 15.8 Å². The van der Waals surface area contributed by atoms with Crippen LogP contribution in [0.2, 0.25) is 0 Å². The van der Waals surface area contributed by atoms with E-state index in [4.69, 9.17) is 18.9 Å². The van der Waals surface area contributed by atoms with Gasteiger partial charge in [-0.2, -0.15) is 4.90 Å². The smallest absolute Gasteiger partial charge is 0.430 e. The van der Waals surface area contributed by atoms with Gasteiger partial charge < -0.3 is 23.8 Å². The number of morpholine rings is 1. The van der Waals surface area contributed by atoms with Crippen LogP contribution in [0.3, 0.4) is 0 Å². The molecule has 1 fully saturated rings. The largest absolute Gasteiger partial charge is 0.457 e. The number of nitrogens with zero attached hydrogens (tertiary/aromatic N) is 4. The van der Waals surface area contributed by atoms with Gasteiger partial charge in [0.2, 0.25) is 5.88 Å². The first-order chi connectivity index (χ1) is 21.0. The van der Waals surface area contributed by atoms with E-state index in [1.165, 1.54) is 12.3 Å². The van der Waals surface area contributed by atoms with Crippen LogP contribution in [0.1, 0.15) is 0 Å². The van der Waals surface area contributed by atoms with E-state index in [1.807, 2.05) is 6.07 Å². The van der Waals surface area contributed by atoms with E-state index >= 15 is 0 Å². The molecule has 0 unspecified atom stereocenters. The number of amides is 3. The fourth-order valence-corrected chi connectivity index (χ4v) is 4.54. The third-order valence-corrected chi connectivity index (χ3v) is 6.61. The molecule has 1 aliphatic heterocycles. The molecule has 0 radical (unpaired) electrons. The van der Waals surface area contributed by atoms with Crippen LogP contribution in [0.5, 0.6) is 23.1 Å². The highest BCUT2D eigenvalue weighted by atomic mass is 16.6. The number of para-hydroxylation sites is 2. The van der Waals surface area contributed by atoms with Crippen molar-refractivity contribution in [2.75, 3.05) is 31.2 Å². The molecule has 2 aromatic heterocycles. The molecule has 3 amide bonds. The highest BCUT2D eigenvalue weighted by Crippen LogP contribution is 2.29. The number of imide groups is 1. The summed E-state index contributed by atoms with van der Waals surface area (Å²) in [4.78, 5) is 45.8. The average molecular weight is 579 g/mol. The number of benzene rings is 3. The van der Waals surface area contributed by atoms with Gasteiger partial charge in [0.25, 0.3) is 0 Å². The van der Waals surface area contributed by atoms with Crippen LogP contribution < -0.4 is 19.1 Å². The zero-order chi connectivity index (χ0) is 29.6.